The van der Waals surface area contributed by atoms with Crippen molar-refractivity contribution < 1.29 is 14.3 Å². The number of esters is 1. The maximum absolute atomic E-state index is 12.2. The number of amides is 2. The first-order valence-corrected chi connectivity index (χ1v) is 7.46. The van der Waals surface area contributed by atoms with Gasteiger partial charge in [0.25, 0.3) is 0 Å². The zero-order valence-corrected chi connectivity index (χ0v) is 12.7. The topological polar surface area (TPSA) is 58.6 Å². The molecule has 114 valence electrons. The largest absolute Gasteiger partial charge is 0.466 e. The Bertz CT molecular complexity index is 521. The molecule has 0 aromatic heterocycles. The summed E-state index contributed by atoms with van der Waals surface area (Å²) in [5.74, 6) is -0.469. The number of rotatable bonds is 3. The number of benzene rings is 1. The van der Waals surface area contributed by atoms with E-state index in [1.807, 2.05) is 0 Å². The first kappa shape index (κ1) is 15.6. The summed E-state index contributed by atoms with van der Waals surface area (Å²) in [6.07, 6.45) is 1.55. The molecule has 0 saturated carbocycles. The molecular formula is C15H19ClN2O3. The number of halogens is 1. The van der Waals surface area contributed by atoms with Gasteiger partial charge in [-0.25, -0.2) is 4.79 Å². The minimum atomic E-state index is -0.240. The molecule has 21 heavy (non-hydrogen) atoms. The quantitative estimate of drug-likeness (QED) is 0.873. The van der Waals surface area contributed by atoms with Crippen LogP contribution in [0.25, 0.3) is 0 Å². The maximum atomic E-state index is 12.2. The molecule has 0 unspecified atom stereocenters. The fraction of sp³-hybridized carbons (Fsp3) is 0.467. The molecule has 1 fully saturated rings. The van der Waals surface area contributed by atoms with Gasteiger partial charge in [0.2, 0.25) is 0 Å². The van der Waals surface area contributed by atoms with E-state index in [0.29, 0.717) is 30.4 Å². The predicted octanol–water partition coefficient (Wildman–Crippen LogP) is 3.15. The van der Waals surface area contributed by atoms with Crippen LogP contribution in [0.15, 0.2) is 24.3 Å². The number of urea groups is 1. The van der Waals surface area contributed by atoms with Gasteiger partial charge in [-0.3, -0.25) is 4.79 Å². The van der Waals surface area contributed by atoms with Gasteiger partial charge in [0, 0.05) is 13.1 Å². The molecule has 2 rings (SSSR count). The molecule has 0 bridgehead atoms. The lowest BCUT2D eigenvalue weighted by molar-refractivity contribution is -0.149. The molecule has 1 saturated heterocycles. The zero-order chi connectivity index (χ0) is 15.2. The van der Waals surface area contributed by atoms with Crippen molar-refractivity contribution in [1.82, 2.24) is 4.90 Å². The molecule has 1 aromatic rings. The van der Waals surface area contributed by atoms with Gasteiger partial charge in [0.1, 0.15) is 0 Å². The van der Waals surface area contributed by atoms with Crippen molar-refractivity contribution in [2.75, 3.05) is 25.0 Å². The molecule has 1 heterocycles. The van der Waals surface area contributed by atoms with E-state index in [2.05, 4.69) is 5.32 Å². The lowest BCUT2D eigenvalue weighted by Gasteiger charge is -2.31. The van der Waals surface area contributed by atoms with Crippen molar-refractivity contribution in [2.24, 2.45) is 5.92 Å². The normalized spacial score (nSPS) is 18.2. The monoisotopic (exact) mass is 310 g/mol. The van der Waals surface area contributed by atoms with Crippen molar-refractivity contribution in [1.29, 1.82) is 0 Å². The summed E-state index contributed by atoms with van der Waals surface area (Å²) < 4.78 is 5.03. The molecule has 2 amide bonds. The van der Waals surface area contributed by atoms with E-state index in [0.717, 1.165) is 12.8 Å². The number of likely N-dealkylation sites (tertiary alicyclic amines) is 1. The second-order valence-corrected chi connectivity index (χ2v) is 5.35. The SMILES string of the molecule is CCOC(=O)[C@@H]1CCCN(C(=O)Nc2ccccc2Cl)C1. The molecule has 0 radical (unpaired) electrons. The number of piperidine rings is 1. The Morgan fingerprint density at radius 2 is 2.19 bits per heavy atom. The van der Waals surface area contributed by atoms with Crippen molar-refractivity contribution in [2.45, 2.75) is 19.8 Å². The van der Waals surface area contributed by atoms with Crippen LogP contribution in [0.1, 0.15) is 19.8 Å². The number of ether oxygens (including phenoxy) is 1. The van der Waals surface area contributed by atoms with Crippen LogP contribution in [-0.4, -0.2) is 36.6 Å². The molecule has 0 aliphatic carbocycles. The third-order valence-electron chi connectivity index (χ3n) is 3.44. The van der Waals surface area contributed by atoms with Gasteiger partial charge in [-0.1, -0.05) is 23.7 Å². The molecule has 5 nitrogen and oxygen atoms in total. The fourth-order valence-electron chi connectivity index (χ4n) is 2.37. The van der Waals surface area contributed by atoms with Crippen LogP contribution >= 0.6 is 11.6 Å². The van der Waals surface area contributed by atoms with Gasteiger partial charge in [-0.05, 0) is 31.9 Å². The Hall–Kier alpha value is -1.75. The summed E-state index contributed by atoms with van der Waals surface area (Å²) in [5, 5.41) is 3.26. The average molecular weight is 311 g/mol. The van der Waals surface area contributed by atoms with E-state index in [1.165, 1.54) is 0 Å². The first-order valence-electron chi connectivity index (χ1n) is 7.09. The highest BCUT2D eigenvalue weighted by atomic mass is 35.5. The van der Waals surface area contributed by atoms with E-state index < -0.39 is 0 Å². The zero-order valence-electron chi connectivity index (χ0n) is 12.0. The van der Waals surface area contributed by atoms with Gasteiger partial charge < -0.3 is 15.0 Å². The van der Waals surface area contributed by atoms with Crippen LogP contribution in [0, 0.1) is 5.92 Å². The molecule has 1 atom stereocenters. The number of anilines is 1. The van der Waals surface area contributed by atoms with E-state index in [9.17, 15) is 9.59 Å². The molecule has 0 spiro atoms. The fourth-order valence-corrected chi connectivity index (χ4v) is 2.55. The van der Waals surface area contributed by atoms with Crippen molar-refractivity contribution >= 4 is 29.3 Å². The van der Waals surface area contributed by atoms with Crippen LogP contribution in [0.3, 0.4) is 0 Å². The third-order valence-corrected chi connectivity index (χ3v) is 3.77. The third kappa shape index (κ3) is 4.11. The number of para-hydroxylation sites is 1. The van der Waals surface area contributed by atoms with Crippen LogP contribution < -0.4 is 5.32 Å². The summed E-state index contributed by atoms with van der Waals surface area (Å²) in [5.41, 5.74) is 0.572. The van der Waals surface area contributed by atoms with Gasteiger partial charge in [-0.15, -0.1) is 0 Å². The van der Waals surface area contributed by atoms with E-state index >= 15 is 0 Å². The number of carbonyl (C=O) groups is 2. The first-order chi connectivity index (χ1) is 10.1. The minimum Gasteiger partial charge on any atom is -0.466 e. The molecular weight excluding hydrogens is 292 g/mol. The van der Waals surface area contributed by atoms with Crippen LogP contribution in [0.5, 0.6) is 0 Å². The van der Waals surface area contributed by atoms with E-state index in [1.54, 1.807) is 36.1 Å². The number of nitrogens with one attached hydrogen (secondary N) is 1. The van der Waals surface area contributed by atoms with E-state index in [-0.39, 0.29) is 17.9 Å². The van der Waals surface area contributed by atoms with Crippen molar-refractivity contribution in [3.05, 3.63) is 29.3 Å². The summed E-state index contributed by atoms with van der Waals surface area (Å²) in [7, 11) is 0. The highest BCUT2D eigenvalue weighted by Gasteiger charge is 2.29. The van der Waals surface area contributed by atoms with Crippen LogP contribution in [0.2, 0.25) is 5.02 Å². The summed E-state index contributed by atoms with van der Waals surface area (Å²) in [6, 6.07) is 6.83. The smallest absolute Gasteiger partial charge is 0.321 e. The minimum absolute atomic E-state index is 0.229. The lowest BCUT2D eigenvalue weighted by atomic mass is 9.98. The molecule has 1 N–H and O–H groups in total. The summed E-state index contributed by atoms with van der Waals surface area (Å²) in [6.45, 7) is 3.16. The van der Waals surface area contributed by atoms with E-state index in [4.69, 9.17) is 16.3 Å². The number of carbonyl (C=O) groups excluding carboxylic acids is 2. The molecule has 1 aliphatic rings. The van der Waals surface area contributed by atoms with Crippen LogP contribution in [-0.2, 0) is 9.53 Å². The van der Waals surface area contributed by atoms with Crippen molar-refractivity contribution in [3.8, 4) is 0 Å². The van der Waals surface area contributed by atoms with Gasteiger partial charge in [0.05, 0.1) is 23.2 Å². The highest BCUT2D eigenvalue weighted by Crippen LogP contribution is 2.23. The Labute approximate surface area is 129 Å². The van der Waals surface area contributed by atoms with Gasteiger partial charge in [0.15, 0.2) is 0 Å². The molecule has 1 aliphatic heterocycles. The number of hydrogen-bond donors (Lipinski definition) is 1. The number of nitrogens with zero attached hydrogens (tertiary/aromatic N) is 1. The molecule has 1 aromatic carbocycles. The Morgan fingerprint density at radius 3 is 2.90 bits per heavy atom. The lowest BCUT2D eigenvalue weighted by Crippen LogP contribution is -2.44. The van der Waals surface area contributed by atoms with Crippen molar-refractivity contribution in [3.63, 3.8) is 0 Å². The summed E-state index contributed by atoms with van der Waals surface area (Å²) in [4.78, 5) is 25.7. The van der Waals surface area contributed by atoms with Crippen LogP contribution in [0.4, 0.5) is 10.5 Å². The van der Waals surface area contributed by atoms with Gasteiger partial charge >= 0.3 is 12.0 Å². The Morgan fingerprint density at radius 1 is 1.43 bits per heavy atom. The second-order valence-electron chi connectivity index (χ2n) is 4.95. The Kier molecular flexibility index (Phi) is 5.44. The molecule has 6 heteroatoms. The second kappa shape index (κ2) is 7.31. The summed E-state index contributed by atoms with van der Waals surface area (Å²) >= 11 is 6.02. The Balaban J connectivity index is 1.96. The average Bonchev–Trinajstić information content (AvgIpc) is 2.50. The maximum Gasteiger partial charge on any atom is 0.321 e. The number of hydrogen-bond acceptors (Lipinski definition) is 3. The highest BCUT2D eigenvalue weighted by molar-refractivity contribution is 6.33. The van der Waals surface area contributed by atoms with Gasteiger partial charge in [-0.2, -0.15) is 0 Å². The predicted molar refractivity (Wildman–Crippen MR) is 81.4 cm³/mol. The standard InChI is InChI=1S/C15H19ClN2O3/c1-2-21-14(19)11-6-5-9-18(10-11)15(20)17-13-8-4-3-7-12(13)16/h3-4,7-8,11H,2,5-6,9-10H2,1H3,(H,17,20)/t11-/m1/s1.